The lowest BCUT2D eigenvalue weighted by Crippen LogP contribution is -2.40. The van der Waals surface area contributed by atoms with Crippen molar-refractivity contribution in [2.24, 2.45) is 0 Å². The fraction of sp³-hybridized carbons (Fsp3) is 0.375. The van der Waals surface area contributed by atoms with Crippen LogP contribution in [0.5, 0.6) is 5.95 Å². The van der Waals surface area contributed by atoms with Gasteiger partial charge in [0.1, 0.15) is 6.20 Å². The Morgan fingerprint density at radius 3 is 2.87 bits per heavy atom. The number of rotatable bonds is 3. The lowest BCUT2D eigenvalue weighted by atomic mass is 10.6. The van der Waals surface area contributed by atoms with E-state index in [1.807, 2.05) is 0 Å². The first kappa shape index (κ1) is 11.0. The number of hydrogen-bond donors (Lipinski definition) is 2. The van der Waals surface area contributed by atoms with Crippen molar-refractivity contribution in [3.05, 3.63) is 12.1 Å². The number of amides is 2. The Kier molecular flexibility index (Phi) is 3.67. The van der Waals surface area contributed by atoms with Gasteiger partial charge in [0.15, 0.2) is 0 Å². The van der Waals surface area contributed by atoms with Gasteiger partial charge in [0.05, 0.1) is 6.61 Å². The number of carbonyl (C=O) groups is 2. The monoisotopic (exact) mass is 213 g/mol. The van der Waals surface area contributed by atoms with Gasteiger partial charge in [0.25, 0.3) is 5.89 Å². The maximum Gasteiger partial charge on any atom is 0.325 e. The first-order chi connectivity index (χ1) is 7.13. The van der Waals surface area contributed by atoms with Crippen LogP contribution in [0, 0.1) is 0 Å². The summed E-state index contributed by atoms with van der Waals surface area (Å²) in [5.41, 5.74) is 4.21. The Labute approximate surface area is 85.8 Å². The largest absolute Gasteiger partial charge is 0.464 e. The van der Waals surface area contributed by atoms with Gasteiger partial charge < -0.3 is 9.15 Å². The molecular weight excluding hydrogens is 202 g/mol. The third-order valence-corrected chi connectivity index (χ3v) is 1.32. The fourth-order valence-electron chi connectivity index (χ4n) is 0.772. The highest BCUT2D eigenvalue weighted by molar-refractivity contribution is 5.91. The summed E-state index contributed by atoms with van der Waals surface area (Å²) in [6.07, 6.45) is 1.28. The highest BCUT2D eigenvalue weighted by Gasteiger charge is 2.13. The van der Waals surface area contributed by atoms with Crippen LogP contribution >= 0.6 is 0 Å². The maximum atomic E-state index is 11.2. The summed E-state index contributed by atoms with van der Waals surface area (Å²) in [7, 11) is 0. The summed E-state index contributed by atoms with van der Waals surface area (Å²) >= 11 is 0. The van der Waals surface area contributed by atoms with Crippen molar-refractivity contribution < 1.29 is 18.7 Å². The van der Waals surface area contributed by atoms with Crippen molar-refractivity contribution in [3.8, 4) is 5.95 Å². The summed E-state index contributed by atoms with van der Waals surface area (Å²) in [4.78, 5) is 25.4. The average Bonchev–Trinajstić information content (AvgIpc) is 2.63. The molecule has 0 atom stereocenters. The topological polar surface area (TPSA) is 93.5 Å². The molecule has 1 aromatic rings. The van der Waals surface area contributed by atoms with Crippen LogP contribution in [0.1, 0.15) is 24.5 Å². The lowest BCUT2D eigenvalue weighted by molar-refractivity contribution is -0.119. The molecule has 0 saturated heterocycles. The van der Waals surface area contributed by atoms with Gasteiger partial charge in [-0.15, -0.1) is 0 Å². The molecule has 15 heavy (non-hydrogen) atoms. The van der Waals surface area contributed by atoms with Gasteiger partial charge in [-0.2, -0.15) is 0 Å². The first-order valence-corrected chi connectivity index (χ1v) is 4.29. The molecule has 1 rings (SSSR count). The van der Waals surface area contributed by atoms with E-state index in [1.165, 1.54) is 13.1 Å². The average molecular weight is 213 g/mol. The van der Waals surface area contributed by atoms with Crippen molar-refractivity contribution in [1.29, 1.82) is 0 Å². The molecule has 0 aliphatic carbocycles. The van der Waals surface area contributed by atoms with Crippen LogP contribution in [0.2, 0.25) is 0 Å². The van der Waals surface area contributed by atoms with Gasteiger partial charge >= 0.3 is 11.9 Å². The Hall–Kier alpha value is -2.05. The summed E-state index contributed by atoms with van der Waals surface area (Å²) < 4.78 is 9.89. The molecule has 0 aliphatic heterocycles. The smallest absolute Gasteiger partial charge is 0.325 e. The van der Waals surface area contributed by atoms with E-state index in [9.17, 15) is 9.59 Å². The quantitative estimate of drug-likeness (QED) is 0.681. The number of oxazole rings is 1. The second-order valence-corrected chi connectivity index (χ2v) is 2.55. The van der Waals surface area contributed by atoms with E-state index < -0.39 is 5.91 Å². The van der Waals surface area contributed by atoms with Crippen LogP contribution in [0.3, 0.4) is 0 Å². The zero-order valence-electron chi connectivity index (χ0n) is 8.36. The molecule has 2 N–H and O–H groups in total. The molecule has 0 unspecified atom stereocenters. The third kappa shape index (κ3) is 3.29. The zero-order valence-corrected chi connectivity index (χ0v) is 8.36. The zero-order chi connectivity index (χ0) is 11.3. The number of hydrogen-bond acceptors (Lipinski definition) is 5. The van der Waals surface area contributed by atoms with Crippen LogP contribution in [0.15, 0.2) is 10.6 Å². The van der Waals surface area contributed by atoms with E-state index in [2.05, 4.69) is 15.8 Å². The molecule has 0 radical (unpaired) electrons. The Morgan fingerprint density at radius 1 is 1.53 bits per heavy atom. The third-order valence-electron chi connectivity index (χ3n) is 1.32. The molecule has 1 heterocycles. The Bertz CT molecular complexity index is 361. The van der Waals surface area contributed by atoms with Crippen molar-refractivity contribution in [2.75, 3.05) is 6.61 Å². The standard InChI is InChI=1S/C8H11N3O4/c1-3-14-6-4-9-8(15-6)7(13)11-10-5(2)12/h4H,3H2,1-2H3,(H,10,12)(H,11,13). The molecule has 1 aromatic heterocycles. The van der Waals surface area contributed by atoms with E-state index in [1.54, 1.807) is 6.92 Å². The molecule has 2 amide bonds. The first-order valence-electron chi connectivity index (χ1n) is 4.29. The fourth-order valence-corrected chi connectivity index (χ4v) is 0.772. The van der Waals surface area contributed by atoms with Crippen LogP contribution in [0.4, 0.5) is 0 Å². The lowest BCUT2D eigenvalue weighted by Gasteiger charge is -2.00. The minimum absolute atomic E-state index is 0.158. The van der Waals surface area contributed by atoms with Crippen molar-refractivity contribution in [2.45, 2.75) is 13.8 Å². The molecule has 7 nitrogen and oxygen atoms in total. The van der Waals surface area contributed by atoms with Crippen molar-refractivity contribution in [1.82, 2.24) is 15.8 Å². The predicted octanol–water partition coefficient (Wildman–Crippen LogP) is -0.146. The highest BCUT2D eigenvalue weighted by Crippen LogP contribution is 2.11. The van der Waals surface area contributed by atoms with E-state index in [4.69, 9.17) is 9.15 Å². The number of ether oxygens (including phenoxy) is 1. The second-order valence-electron chi connectivity index (χ2n) is 2.55. The van der Waals surface area contributed by atoms with Gasteiger partial charge in [-0.1, -0.05) is 0 Å². The number of nitrogens with one attached hydrogen (secondary N) is 2. The van der Waals surface area contributed by atoms with Gasteiger partial charge in [0.2, 0.25) is 5.91 Å². The minimum atomic E-state index is -0.642. The van der Waals surface area contributed by atoms with Gasteiger partial charge in [-0.05, 0) is 6.92 Å². The van der Waals surface area contributed by atoms with Crippen LogP contribution < -0.4 is 15.6 Å². The summed E-state index contributed by atoms with van der Waals surface area (Å²) in [5, 5.41) is 0. The highest BCUT2D eigenvalue weighted by atomic mass is 16.6. The van der Waals surface area contributed by atoms with Crippen LogP contribution in [-0.2, 0) is 4.79 Å². The van der Waals surface area contributed by atoms with Gasteiger partial charge in [0, 0.05) is 6.92 Å². The Morgan fingerprint density at radius 2 is 2.27 bits per heavy atom. The van der Waals surface area contributed by atoms with Gasteiger partial charge in [-0.3, -0.25) is 20.4 Å². The van der Waals surface area contributed by atoms with E-state index in [0.29, 0.717) is 6.61 Å². The maximum absolute atomic E-state index is 11.2. The molecule has 82 valence electrons. The van der Waals surface area contributed by atoms with Crippen LogP contribution in [0.25, 0.3) is 0 Å². The van der Waals surface area contributed by atoms with E-state index in [0.717, 1.165) is 0 Å². The number of hydrazine groups is 1. The normalized spacial score (nSPS) is 9.47. The molecule has 0 aromatic carbocycles. The molecule has 0 fully saturated rings. The predicted molar refractivity (Wildman–Crippen MR) is 49.0 cm³/mol. The second kappa shape index (κ2) is 4.99. The van der Waals surface area contributed by atoms with Crippen molar-refractivity contribution in [3.63, 3.8) is 0 Å². The molecule has 0 bridgehead atoms. The summed E-state index contributed by atoms with van der Waals surface area (Å²) in [6, 6.07) is 0. The number of carbonyl (C=O) groups excluding carboxylic acids is 2. The van der Waals surface area contributed by atoms with E-state index in [-0.39, 0.29) is 17.7 Å². The molecule has 0 saturated carbocycles. The van der Waals surface area contributed by atoms with Crippen LogP contribution in [-0.4, -0.2) is 23.4 Å². The van der Waals surface area contributed by atoms with E-state index >= 15 is 0 Å². The summed E-state index contributed by atoms with van der Waals surface area (Å²) in [5.74, 6) is -1.05. The number of nitrogens with zero attached hydrogens (tertiary/aromatic N) is 1. The molecule has 0 aliphatic rings. The van der Waals surface area contributed by atoms with Gasteiger partial charge in [-0.25, -0.2) is 4.98 Å². The minimum Gasteiger partial charge on any atom is -0.464 e. The molecule has 7 heteroatoms. The Balaban J connectivity index is 2.54. The molecular formula is C8H11N3O4. The molecule has 0 spiro atoms. The van der Waals surface area contributed by atoms with Crippen molar-refractivity contribution >= 4 is 11.8 Å². The SMILES string of the molecule is CCOc1cnc(C(=O)NNC(C)=O)o1. The summed E-state index contributed by atoms with van der Waals surface area (Å²) in [6.45, 7) is 3.46. The number of aromatic nitrogens is 1.